The minimum absolute atomic E-state index is 0.395. The van der Waals surface area contributed by atoms with Gasteiger partial charge >= 0.3 is 0 Å². The Morgan fingerprint density at radius 1 is 1.54 bits per heavy atom. The van der Waals surface area contributed by atoms with Crippen molar-refractivity contribution >= 4 is 29.0 Å². The van der Waals surface area contributed by atoms with E-state index in [2.05, 4.69) is 16.8 Å². The number of hydrogen-bond donors (Lipinski definition) is 1. The van der Waals surface area contributed by atoms with Crippen LogP contribution in [0.1, 0.15) is 12.0 Å². The van der Waals surface area contributed by atoms with E-state index in [-0.39, 0.29) is 0 Å². The normalized spacial score (nSPS) is 9.08. The summed E-state index contributed by atoms with van der Waals surface area (Å²) in [6, 6.07) is 1.69. The van der Waals surface area contributed by atoms with Crippen LogP contribution in [0, 0.1) is 11.8 Å². The lowest BCUT2D eigenvalue weighted by molar-refractivity contribution is 1.28. The van der Waals surface area contributed by atoms with E-state index in [0.29, 0.717) is 28.7 Å². The summed E-state index contributed by atoms with van der Waals surface area (Å²) < 4.78 is 0. The summed E-state index contributed by atoms with van der Waals surface area (Å²) in [5, 5.41) is 0.532. The third-order valence-electron chi connectivity index (χ3n) is 1.33. The van der Waals surface area contributed by atoms with Crippen molar-refractivity contribution in [1.29, 1.82) is 0 Å². The summed E-state index contributed by atoms with van der Waals surface area (Å²) in [5.74, 6) is 6.62. The maximum atomic E-state index is 5.72. The van der Waals surface area contributed by atoms with E-state index in [1.54, 1.807) is 6.07 Å². The van der Waals surface area contributed by atoms with E-state index in [4.69, 9.17) is 28.9 Å². The number of nitrogen functional groups attached to an aromatic ring is 1. The summed E-state index contributed by atoms with van der Waals surface area (Å²) in [4.78, 5) is 3.87. The van der Waals surface area contributed by atoms with Gasteiger partial charge in [-0.1, -0.05) is 23.4 Å². The molecule has 0 unspecified atom stereocenters. The van der Waals surface area contributed by atoms with Gasteiger partial charge in [-0.25, -0.2) is 4.98 Å². The second-order valence-electron chi connectivity index (χ2n) is 2.33. The molecule has 1 heterocycles. The van der Waals surface area contributed by atoms with Gasteiger partial charge in [0.1, 0.15) is 5.82 Å². The Labute approximate surface area is 87.1 Å². The average molecular weight is 215 g/mol. The maximum absolute atomic E-state index is 5.72. The van der Waals surface area contributed by atoms with Crippen LogP contribution in [0.25, 0.3) is 0 Å². The molecule has 0 amide bonds. The lowest BCUT2D eigenvalue weighted by atomic mass is 10.2. The third-order valence-corrected chi connectivity index (χ3v) is 1.72. The number of rotatable bonds is 1. The quantitative estimate of drug-likeness (QED) is 0.576. The Hall–Kier alpha value is -0.910. The highest BCUT2D eigenvalue weighted by Crippen LogP contribution is 2.13. The topological polar surface area (TPSA) is 38.9 Å². The Kier molecular flexibility index (Phi) is 3.88. The highest BCUT2D eigenvalue weighted by atomic mass is 35.5. The van der Waals surface area contributed by atoms with Crippen molar-refractivity contribution in [3.63, 3.8) is 0 Å². The molecule has 4 heteroatoms. The Morgan fingerprint density at radius 2 is 2.31 bits per heavy atom. The Morgan fingerprint density at radius 3 is 3.00 bits per heavy atom. The number of hydrogen-bond acceptors (Lipinski definition) is 2. The molecular weight excluding hydrogens is 207 g/mol. The van der Waals surface area contributed by atoms with Crippen molar-refractivity contribution in [2.24, 2.45) is 0 Å². The third kappa shape index (κ3) is 3.14. The Bertz CT molecular complexity index is 352. The molecule has 0 fully saturated rings. The Balaban J connectivity index is 2.89. The fourth-order valence-corrected chi connectivity index (χ4v) is 1.01. The highest BCUT2D eigenvalue weighted by Gasteiger charge is 1.96. The van der Waals surface area contributed by atoms with Crippen molar-refractivity contribution in [2.75, 3.05) is 11.6 Å². The van der Waals surface area contributed by atoms with Crippen LogP contribution in [-0.2, 0) is 0 Å². The molecule has 0 aliphatic carbocycles. The summed E-state index contributed by atoms with van der Waals surface area (Å²) in [6.07, 6.45) is 2.12. The first-order valence-corrected chi connectivity index (χ1v) is 4.61. The molecule has 68 valence electrons. The van der Waals surface area contributed by atoms with Crippen molar-refractivity contribution in [3.05, 3.63) is 22.8 Å². The van der Waals surface area contributed by atoms with Gasteiger partial charge < -0.3 is 5.73 Å². The summed E-state index contributed by atoms with van der Waals surface area (Å²) in [6.45, 7) is 0. The molecule has 0 aliphatic rings. The van der Waals surface area contributed by atoms with Crippen LogP contribution < -0.4 is 5.73 Å². The van der Waals surface area contributed by atoms with Gasteiger partial charge in [0.2, 0.25) is 0 Å². The number of aromatic nitrogens is 1. The van der Waals surface area contributed by atoms with Crippen LogP contribution in [0.3, 0.4) is 0 Å². The second-order valence-corrected chi connectivity index (χ2v) is 3.14. The first kappa shape index (κ1) is 10.2. The van der Waals surface area contributed by atoms with Crippen molar-refractivity contribution in [3.8, 4) is 11.8 Å². The van der Waals surface area contributed by atoms with Crippen LogP contribution in [0.15, 0.2) is 12.3 Å². The number of halogens is 2. The van der Waals surface area contributed by atoms with E-state index in [1.807, 2.05) is 0 Å². The fourth-order valence-electron chi connectivity index (χ4n) is 0.755. The summed E-state index contributed by atoms with van der Waals surface area (Å²) >= 11 is 11.2. The van der Waals surface area contributed by atoms with E-state index >= 15 is 0 Å². The molecule has 1 rings (SSSR count). The average Bonchev–Trinajstić information content (AvgIpc) is 2.11. The number of nitrogens with zero attached hydrogens (tertiary/aromatic N) is 1. The molecule has 13 heavy (non-hydrogen) atoms. The van der Waals surface area contributed by atoms with Crippen LogP contribution in [0.2, 0.25) is 5.02 Å². The number of pyridine rings is 1. The van der Waals surface area contributed by atoms with Gasteiger partial charge in [0.05, 0.1) is 10.6 Å². The van der Waals surface area contributed by atoms with Gasteiger partial charge in [-0.05, 0) is 6.07 Å². The first-order chi connectivity index (χ1) is 6.24. The molecule has 0 aromatic carbocycles. The van der Waals surface area contributed by atoms with Crippen LogP contribution >= 0.6 is 23.2 Å². The molecule has 1 aromatic rings. The van der Waals surface area contributed by atoms with Gasteiger partial charge in [0, 0.05) is 18.5 Å². The predicted molar refractivity (Wildman–Crippen MR) is 55.9 cm³/mol. The number of nitrogens with two attached hydrogens (primary N) is 1. The van der Waals surface area contributed by atoms with Gasteiger partial charge in [-0.15, -0.1) is 11.6 Å². The fraction of sp³-hybridized carbons (Fsp3) is 0.222. The molecule has 0 saturated heterocycles. The monoisotopic (exact) mass is 214 g/mol. The van der Waals surface area contributed by atoms with E-state index in [9.17, 15) is 0 Å². The molecule has 0 saturated carbocycles. The van der Waals surface area contributed by atoms with Crippen LogP contribution in [-0.4, -0.2) is 10.9 Å². The molecule has 0 atom stereocenters. The largest absolute Gasteiger partial charge is 0.383 e. The summed E-state index contributed by atoms with van der Waals surface area (Å²) in [5.41, 5.74) is 6.22. The molecule has 1 aromatic heterocycles. The van der Waals surface area contributed by atoms with Crippen LogP contribution in [0.4, 0.5) is 5.82 Å². The van der Waals surface area contributed by atoms with Gasteiger partial charge in [-0.2, -0.15) is 0 Å². The van der Waals surface area contributed by atoms with Gasteiger partial charge in [-0.3, -0.25) is 0 Å². The standard InChI is InChI=1S/C9H8Cl2N2/c10-4-2-1-3-7-5-8(11)6-13-9(7)12/h5-6H,2,4H2,(H2,12,13). The molecule has 0 aliphatic heterocycles. The minimum atomic E-state index is 0.395. The molecule has 0 radical (unpaired) electrons. The van der Waals surface area contributed by atoms with Gasteiger partial charge in [0.15, 0.2) is 0 Å². The maximum Gasteiger partial charge on any atom is 0.139 e. The molecular formula is C9H8Cl2N2. The smallest absolute Gasteiger partial charge is 0.139 e. The first-order valence-electron chi connectivity index (χ1n) is 3.70. The van der Waals surface area contributed by atoms with E-state index in [0.717, 1.165) is 0 Å². The summed E-state index contributed by atoms with van der Waals surface area (Å²) in [7, 11) is 0. The molecule has 0 bridgehead atoms. The van der Waals surface area contributed by atoms with Crippen LogP contribution in [0.5, 0.6) is 0 Å². The predicted octanol–water partition coefficient (Wildman–Crippen LogP) is 2.30. The second kappa shape index (κ2) is 4.96. The zero-order valence-electron chi connectivity index (χ0n) is 6.85. The molecule has 2 nitrogen and oxygen atoms in total. The van der Waals surface area contributed by atoms with Crippen molar-refractivity contribution in [1.82, 2.24) is 4.98 Å². The van der Waals surface area contributed by atoms with E-state index < -0.39 is 0 Å². The van der Waals surface area contributed by atoms with E-state index in [1.165, 1.54) is 6.20 Å². The van der Waals surface area contributed by atoms with Gasteiger partial charge in [0.25, 0.3) is 0 Å². The lowest BCUT2D eigenvalue weighted by Crippen LogP contribution is -1.93. The minimum Gasteiger partial charge on any atom is -0.383 e. The number of alkyl halides is 1. The molecule has 0 spiro atoms. The zero-order valence-corrected chi connectivity index (χ0v) is 8.36. The zero-order chi connectivity index (χ0) is 9.68. The lowest BCUT2D eigenvalue weighted by Gasteiger charge is -1.96. The van der Waals surface area contributed by atoms with Crippen molar-refractivity contribution in [2.45, 2.75) is 6.42 Å². The number of anilines is 1. The SMILES string of the molecule is Nc1ncc(Cl)cc1C#CCCCl. The van der Waals surface area contributed by atoms with Crippen molar-refractivity contribution < 1.29 is 0 Å². The highest BCUT2D eigenvalue weighted by molar-refractivity contribution is 6.30. The molecule has 2 N–H and O–H groups in total.